The quantitative estimate of drug-likeness (QED) is 0.212. The van der Waals surface area contributed by atoms with Gasteiger partial charge in [-0.1, -0.05) is 28.9 Å². The van der Waals surface area contributed by atoms with Crippen molar-refractivity contribution in [3.63, 3.8) is 0 Å². The molecule has 1 saturated heterocycles. The van der Waals surface area contributed by atoms with E-state index >= 15 is 0 Å². The topological polar surface area (TPSA) is 111 Å². The molecule has 0 radical (unpaired) electrons. The van der Waals surface area contributed by atoms with E-state index in [1.54, 1.807) is 61.8 Å². The third kappa shape index (κ3) is 6.86. The first kappa shape index (κ1) is 32.9. The Bertz CT molecular complexity index is 1680. The molecule has 13 heteroatoms. The Balaban J connectivity index is 1.40. The summed E-state index contributed by atoms with van der Waals surface area (Å²) in [5.41, 5.74) is 0.786. The van der Waals surface area contributed by atoms with Crippen LogP contribution in [0, 0.1) is 11.6 Å². The van der Waals surface area contributed by atoms with Crippen molar-refractivity contribution in [2.45, 2.75) is 65.3 Å². The van der Waals surface area contributed by atoms with Crippen LogP contribution >= 0.6 is 11.6 Å². The Labute approximate surface area is 269 Å². The van der Waals surface area contributed by atoms with E-state index in [2.05, 4.69) is 5.16 Å². The largest absolute Gasteiger partial charge is 0.486 e. The zero-order chi connectivity index (χ0) is 33.3. The normalized spacial score (nSPS) is 18.0. The summed E-state index contributed by atoms with van der Waals surface area (Å²) >= 11 is 5.94. The molecule has 3 aromatic rings. The minimum atomic E-state index is -0.782. The van der Waals surface area contributed by atoms with Crippen LogP contribution in [0.4, 0.5) is 13.6 Å². The zero-order valence-corrected chi connectivity index (χ0v) is 26.8. The fourth-order valence-electron chi connectivity index (χ4n) is 5.67. The maximum Gasteiger partial charge on any atom is 0.411 e. The van der Waals surface area contributed by atoms with E-state index in [4.69, 9.17) is 30.3 Å². The number of halogens is 3. The van der Waals surface area contributed by atoms with Gasteiger partial charge in [-0.25, -0.2) is 18.4 Å². The van der Waals surface area contributed by atoms with E-state index in [0.717, 1.165) is 17.7 Å². The number of ether oxygens (including phenoxy) is 3. The first-order chi connectivity index (χ1) is 21.8. The van der Waals surface area contributed by atoms with Crippen LogP contribution in [0.3, 0.4) is 0 Å². The molecule has 2 aliphatic rings. The molecule has 2 atom stereocenters. The molecule has 1 aromatic heterocycles. The van der Waals surface area contributed by atoms with Crippen LogP contribution in [-0.2, 0) is 25.7 Å². The molecule has 2 aromatic carbocycles. The second kappa shape index (κ2) is 13.1. The van der Waals surface area contributed by atoms with Crippen LogP contribution < -0.4 is 4.74 Å². The molecule has 3 heterocycles. The van der Waals surface area contributed by atoms with E-state index in [1.165, 1.54) is 13.0 Å². The number of piperazine rings is 1. The molecule has 1 fully saturated rings. The number of benzene rings is 2. The summed E-state index contributed by atoms with van der Waals surface area (Å²) in [4.78, 5) is 42.4. The minimum absolute atomic E-state index is 0.0287. The summed E-state index contributed by atoms with van der Waals surface area (Å²) in [6, 6.07) is 9.10. The van der Waals surface area contributed by atoms with Gasteiger partial charge < -0.3 is 23.6 Å². The summed E-state index contributed by atoms with van der Waals surface area (Å²) in [6.45, 7) is 8.94. The fourth-order valence-corrected chi connectivity index (χ4v) is 5.92. The van der Waals surface area contributed by atoms with Crippen molar-refractivity contribution >= 4 is 35.1 Å². The molecule has 0 saturated carbocycles. The van der Waals surface area contributed by atoms with E-state index < -0.39 is 46.4 Å². The van der Waals surface area contributed by atoms with Crippen molar-refractivity contribution in [3.05, 3.63) is 76.0 Å². The van der Waals surface area contributed by atoms with Crippen molar-refractivity contribution in [1.82, 2.24) is 15.0 Å². The summed E-state index contributed by atoms with van der Waals surface area (Å²) in [6.07, 6.45) is -0.276. The number of carbonyl (C=O) groups is 3. The Morgan fingerprint density at radius 1 is 1.07 bits per heavy atom. The lowest BCUT2D eigenvalue weighted by Crippen LogP contribution is -2.65. The van der Waals surface area contributed by atoms with Crippen molar-refractivity contribution in [3.8, 4) is 17.0 Å². The fraction of sp³-hybridized carbons (Fsp3) is 0.394. The summed E-state index contributed by atoms with van der Waals surface area (Å²) in [7, 11) is 0. The van der Waals surface area contributed by atoms with Gasteiger partial charge in [-0.3, -0.25) is 9.69 Å². The van der Waals surface area contributed by atoms with Crippen molar-refractivity contribution < 1.29 is 41.9 Å². The number of hydrogen-bond donors (Lipinski definition) is 0. The highest BCUT2D eigenvalue weighted by Crippen LogP contribution is 2.40. The molecular formula is C33H34ClF2N3O7. The monoisotopic (exact) mass is 657 g/mol. The molecule has 2 unspecified atom stereocenters. The molecular weight excluding hydrogens is 624 g/mol. The van der Waals surface area contributed by atoms with Gasteiger partial charge in [0, 0.05) is 26.1 Å². The highest BCUT2D eigenvalue weighted by molar-refractivity contribution is 6.33. The number of nitrogens with zero attached hydrogens (tertiary/aromatic N) is 3. The number of aromatic nitrogens is 1. The Morgan fingerprint density at radius 2 is 1.76 bits per heavy atom. The van der Waals surface area contributed by atoms with E-state index in [9.17, 15) is 23.2 Å². The number of carbonyl (C=O) groups excluding carboxylic acids is 3. The minimum Gasteiger partial charge on any atom is -0.486 e. The molecule has 2 amide bonds. The summed E-state index contributed by atoms with van der Waals surface area (Å²) < 4.78 is 50.4. The molecule has 244 valence electrons. The van der Waals surface area contributed by atoms with Crippen molar-refractivity contribution in [2.75, 3.05) is 19.7 Å². The lowest BCUT2D eigenvalue weighted by Gasteiger charge is -2.50. The van der Waals surface area contributed by atoms with Crippen LogP contribution in [0.15, 0.2) is 52.6 Å². The standard InChI is InChI=1S/C33H34ClF2N3O7/c1-6-43-31(41)28-23(13-20-15-38(18(2)40)16-27(28)39(20)32(42)45-33(3,4)5)19-7-9-21(10-8-19)44-17-22-14-26(37-46-22)29-24(35)11-12-25(36)30(29)34/h7-12,14,20,27H,6,13,15-17H2,1-5H3. The second-order valence-corrected chi connectivity index (χ2v) is 12.4. The Morgan fingerprint density at radius 3 is 2.41 bits per heavy atom. The summed E-state index contributed by atoms with van der Waals surface area (Å²) in [5.74, 6) is -1.54. The highest BCUT2D eigenvalue weighted by Gasteiger charge is 2.48. The summed E-state index contributed by atoms with van der Waals surface area (Å²) in [5, 5.41) is 3.40. The molecule has 46 heavy (non-hydrogen) atoms. The predicted octanol–water partition coefficient (Wildman–Crippen LogP) is 6.41. The number of esters is 1. The van der Waals surface area contributed by atoms with Gasteiger partial charge in [0.05, 0.1) is 34.8 Å². The van der Waals surface area contributed by atoms with Gasteiger partial charge in [0.1, 0.15) is 35.3 Å². The van der Waals surface area contributed by atoms with Crippen LogP contribution in [0.5, 0.6) is 5.75 Å². The van der Waals surface area contributed by atoms with Gasteiger partial charge in [-0.05, 0) is 69.5 Å². The van der Waals surface area contributed by atoms with Gasteiger partial charge >= 0.3 is 12.1 Å². The molecule has 5 rings (SSSR count). The molecule has 0 spiro atoms. The van der Waals surface area contributed by atoms with Gasteiger partial charge in [0.25, 0.3) is 0 Å². The van der Waals surface area contributed by atoms with Crippen LogP contribution in [0.1, 0.15) is 52.4 Å². The van der Waals surface area contributed by atoms with Crippen molar-refractivity contribution in [2.24, 2.45) is 0 Å². The molecule has 0 N–H and O–H groups in total. The first-order valence-corrected chi connectivity index (χ1v) is 15.1. The lowest BCUT2D eigenvalue weighted by molar-refractivity contribution is -0.141. The average molecular weight is 658 g/mol. The maximum absolute atomic E-state index is 14.3. The molecule has 0 aliphatic carbocycles. The molecule has 10 nitrogen and oxygen atoms in total. The Kier molecular flexibility index (Phi) is 9.39. The number of hydrogen-bond acceptors (Lipinski definition) is 8. The number of fused-ring (bicyclic) bond motifs is 2. The van der Waals surface area contributed by atoms with Crippen molar-refractivity contribution in [1.29, 1.82) is 0 Å². The number of amides is 2. The van der Waals surface area contributed by atoms with Gasteiger partial charge in [0.15, 0.2) is 5.76 Å². The highest BCUT2D eigenvalue weighted by atomic mass is 35.5. The van der Waals surface area contributed by atoms with E-state index in [0.29, 0.717) is 16.9 Å². The predicted molar refractivity (Wildman–Crippen MR) is 164 cm³/mol. The first-order valence-electron chi connectivity index (χ1n) is 14.8. The maximum atomic E-state index is 14.3. The van der Waals surface area contributed by atoms with E-state index in [-0.39, 0.29) is 55.6 Å². The Hall–Kier alpha value is -4.45. The average Bonchev–Trinajstić information content (AvgIpc) is 3.45. The van der Waals surface area contributed by atoms with E-state index in [1.807, 2.05) is 0 Å². The SMILES string of the molecule is CCOC(=O)C1=C(c2ccc(OCc3cc(-c4c(F)ccc(F)c4Cl)no3)cc2)CC2CN(C(C)=O)CC1N2C(=O)OC(C)(C)C. The number of rotatable bonds is 7. The second-order valence-electron chi connectivity index (χ2n) is 12.0. The smallest absolute Gasteiger partial charge is 0.411 e. The third-order valence-corrected chi connectivity index (χ3v) is 8.01. The van der Waals surface area contributed by atoms with Gasteiger partial charge in [-0.2, -0.15) is 0 Å². The van der Waals surface area contributed by atoms with Crippen LogP contribution in [-0.4, -0.2) is 70.3 Å². The molecule has 2 aliphatic heterocycles. The van der Waals surface area contributed by atoms with Gasteiger partial charge in [0.2, 0.25) is 5.91 Å². The van der Waals surface area contributed by atoms with Crippen LogP contribution in [0.2, 0.25) is 5.02 Å². The van der Waals surface area contributed by atoms with Gasteiger partial charge in [-0.15, -0.1) is 0 Å². The third-order valence-electron chi connectivity index (χ3n) is 7.64. The molecule has 2 bridgehead atoms. The zero-order valence-electron chi connectivity index (χ0n) is 26.1. The van der Waals surface area contributed by atoms with Crippen LogP contribution in [0.25, 0.3) is 16.8 Å². The lowest BCUT2D eigenvalue weighted by atomic mass is 9.82.